The first-order chi connectivity index (χ1) is 11.0. The number of guanidine groups is 1. The lowest BCUT2D eigenvalue weighted by atomic mass is 10.2. The van der Waals surface area contributed by atoms with Crippen molar-refractivity contribution in [1.82, 2.24) is 5.32 Å². The summed E-state index contributed by atoms with van der Waals surface area (Å²) in [6.07, 6.45) is 3.02. The predicted octanol–water partition coefficient (Wildman–Crippen LogP) is 3.98. The molecule has 0 bridgehead atoms. The standard InChI is InChI=1S/C17H27N3O2S.HI/c1-5-18-16(19-12-17(2,3)23-4)20-13-7-8-14-15(11-13)22-10-6-9-21-14;/h7-8,11H,5-6,9-10,12H2,1-4H3,(H2,18,19,20);1H. The van der Waals surface area contributed by atoms with Crippen LogP contribution in [-0.4, -0.2) is 43.3 Å². The van der Waals surface area contributed by atoms with Gasteiger partial charge in [-0.1, -0.05) is 0 Å². The van der Waals surface area contributed by atoms with Crippen LogP contribution in [0.5, 0.6) is 11.5 Å². The summed E-state index contributed by atoms with van der Waals surface area (Å²) in [4.78, 5) is 4.68. The van der Waals surface area contributed by atoms with Crippen molar-refractivity contribution >= 4 is 47.4 Å². The Morgan fingerprint density at radius 1 is 1.25 bits per heavy atom. The van der Waals surface area contributed by atoms with Crippen LogP contribution in [0.4, 0.5) is 5.69 Å². The number of anilines is 1. The highest BCUT2D eigenvalue weighted by atomic mass is 127. The molecule has 5 nitrogen and oxygen atoms in total. The van der Waals surface area contributed by atoms with E-state index in [9.17, 15) is 0 Å². The van der Waals surface area contributed by atoms with Gasteiger partial charge in [0, 0.05) is 29.5 Å². The van der Waals surface area contributed by atoms with Gasteiger partial charge in [-0.2, -0.15) is 11.8 Å². The molecule has 0 atom stereocenters. The number of thioether (sulfide) groups is 1. The number of nitrogens with one attached hydrogen (secondary N) is 2. The molecule has 0 unspecified atom stereocenters. The van der Waals surface area contributed by atoms with Crippen LogP contribution in [0.15, 0.2) is 23.2 Å². The van der Waals surface area contributed by atoms with Crippen LogP contribution in [0.3, 0.4) is 0 Å². The van der Waals surface area contributed by atoms with Crippen molar-refractivity contribution in [2.75, 3.05) is 37.9 Å². The Bertz CT molecular complexity index is 553. The molecular formula is C17H28IN3O2S. The van der Waals surface area contributed by atoms with Gasteiger partial charge in [-0.3, -0.25) is 4.99 Å². The zero-order chi connectivity index (χ0) is 16.7. The number of ether oxygens (including phenoxy) is 2. The SMILES string of the molecule is CCNC(=NCC(C)(C)SC)Nc1ccc2c(c1)OCCCO2.I. The summed E-state index contributed by atoms with van der Waals surface area (Å²) in [5, 5.41) is 6.62. The lowest BCUT2D eigenvalue weighted by molar-refractivity contribution is 0.297. The zero-order valence-corrected chi connectivity index (χ0v) is 18.0. The quantitative estimate of drug-likeness (QED) is 0.392. The number of halogens is 1. The summed E-state index contributed by atoms with van der Waals surface area (Å²) in [7, 11) is 0. The molecule has 0 aromatic heterocycles. The number of benzene rings is 1. The van der Waals surface area contributed by atoms with E-state index in [0.717, 1.165) is 42.7 Å². The Kier molecular flexibility index (Phi) is 9.04. The maximum absolute atomic E-state index is 5.73. The van der Waals surface area contributed by atoms with Crippen LogP contribution in [0, 0.1) is 0 Å². The topological polar surface area (TPSA) is 54.9 Å². The average molecular weight is 465 g/mol. The fourth-order valence-corrected chi connectivity index (χ4v) is 2.21. The third-order valence-corrected chi connectivity index (χ3v) is 4.76. The highest BCUT2D eigenvalue weighted by Gasteiger charge is 2.16. The van der Waals surface area contributed by atoms with E-state index in [1.165, 1.54) is 0 Å². The molecule has 0 saturated heterocycles. The molecule has 0 amide bonds. The van der Waals surface area contributed by atoms with Gasteiger partial charge in [-0.15, -0.1) is 24.0 Å². The van der Waals surface area contributed by atoms with Gasteiger partial charge in [0.15, 0.2) is 17.5 Å². The largest absolute Gasteiger partial charge is 0.490 e. The third-order valence-electron chi connectivity index (χ3n) is 3.53. The molecule has 1 heterocycles. The molecular weight excluding hydrogens is 437 g/mol. The first-order valence-corrected chi connectivity index (χ1v) is 9.26. The summed E-state index contributed by atoms with van der Waals surface area (Å²) >= 11 is 1.82. The Morgan fingerprint density at radius 3 is 2.62 bits per heavy atom. The van der Waals surface area contributed by atoms with Crippen molar-refractivity contribution < 1.29 is 9.47 Å². The summed E-state index contributed by atoms with van der Waals surface area (Å²) < 4.78 is 11.5. The first-order valence-electron chi connectivity index (χ1n) is 8.04. The molecule has 0 spiro atoms. The molecule has 24 heavy (non-hydrogen) atoms. The van der Waals surface area contributed by atoms with Crippen LogP contribution in [0.25, 0.3) is 0 Å². The molecule has 0 fully saturated rings. The minimum absolute atomic E-state index is 0. The van der Waals surface area contributed by atoms with Crippen LogP contribution < -0.4 is 20.1 Å². The minimum Gasteiger partial charge on any atom is -0.490 e. The van der Waals surface area contributed by atoms with E-state index in [1.807, 2.05) is 30.0 Å². The summed E-state index contributed by atoms with van der Waals surface area (Å²) in [6, 6.07) is 5.89. The summed E-state index contributed by atoms with van der Waals surface area (Å²) in [5.74, 6) is 2.37. The molecule has 0 saturated carbocycles. The number of aliphatic imine (C=N–C) groups is 1. The monoisotopic (exact) mass is 465 g/mol. The number of hydrogen-bond donors (Lipinski definition) is 2. The lowest BCUT2D eigenvalue weighted by Crippen LogP contribution is -2.32. The lowest BCUT2D eigenvalue weighted by Gasteiger charge is -2.20. The molecule has 1 aliphatic heterocycles. The van der Waals surface area contributed by atoms with Crippen LogP contribution in [-0.2, 0) is 0 Å². The fraction of sp³-hybridized carbons (Fsp3) is 0.588. The van der Waals surface area contributed by atoms with Crippen molar-refractivity contribution in [3.63, 3.8) is 0 Å². The van der Waals surface area contributed by atoms with Gasteiger partial charge in [0.2, 0.25) is 0 Å². The Labute approximate surface area is 166 Å². The Morgan fingerprint density at radius 2 is 1.96 bits per heavy atom. The van der Waals surface area contributed by atoms with Crippen LogP contribution in [0.2, 0.25) is 0 Å². The Balaban J connectivity index is 0.00000288. The second kappa shape index (κ2) is 10.2. The molecule has 1 aromatic rings. The van der Waals surface area contributed by atoms with Gasteiger partial charge in [-0.25, -0.2) is 0 Å². The zero-order valence-electron chi connectivity index (χ0n) is 14.8. The van der Waals surface area contributed by atoms with Gasteiger partial charge in [0.1, 0.15) is 0 Å². The average Bonchev–Trinajstić information content (AvgIpc) is 2.78. The fourth-order valence-electron chi connectivity index (χ4n) is 2.02. The molecule has 136 valence electrons. The molecule has 2 N–H and O–H groups in total. The molecule has 2 rings (SSSR count). The highest BCUT2D eigenvalue weighted by Crippen LogP contribution is 2.32. The smallest absolute Gasteiger partial charge is 0.195 e. The van der Waals surface area contributed by atoms with Crippen molar-refractivity contribution in [2.45, 2.75) is 31.9 Å². The number of rotatable bonds is 5. The van der Waals surface area contributed by atoms with Gasteiger partial charge < -0.3 is 20.1 Å². The third kappa shape index (κ3) is 6.58. The van der Waals surface area contributed by atoms with E-state index in [2.05, 4.69) is 42.7 Å². The number of nitrogens with zero attached hydrogens (tertiary/aromatic N) is 1. The van der Waals surface area contributed by atoms with Crippen molar-refractivity contribution in [3.05, 3.63) is 18.2 Å². The molecule has 1 aliphatic rings. The van der Waals surface area contributed by atoms with Gasteiger partial charge >= 0.3 is 0 Å². The molecule has 7 heteroatoms. The predicted molar refractivity (Wildman–Crippen MR) is 115 cm³/mol. The maximum atomic E-state index is 5.73. The normalized spacial score (nSPS) is 14.4. The molecule has 0 radical (unpaired) electrons. The van der Waals surface area contributed by atoms with Crippen LogP contribution in [0.1, 0.15) is 27.2 Å². The van der Waals surface area contributed by atoms with E-state index in [1.54, 1.807) is 0 Å². The molecule has 1 aromatic carbocycles. The van der Waals surface area contributed by atoms with E-state index in [-0.39, 0.29) is 28.7 Å². The van der Waals surface area contributed by atoms with Crippen LogP contribution >= 0.6 is 35.7 Å². The number of hydrogen-bond acceptors (Lipinski definition) is 4. The summed E-state index contributed by atoms with van der Waals surface area (Å²) in [6.45, 7) is 9.39. The van der Waals surface area contributed by atoms with E-state index in [4.69, 9.17) is 9.47 Å². The second-order valence-electron chi connectivity index (χ2n) is 6.00. The Hall–Kier alpha value is -0.830. The van der Waals surface area contributed by atoms with Crippen molar-refractivity contribution in [1.29, 1.82) is 0 Å². The molecule has 0 aliphatic carbocycles. The van der Waals surface area contributed by atoms with E-state index < -0.39 is 0 Å². The first kappa shape index (κ1) is 21.2. The van der Waals surface area contributed by atoms with Crippen molar-refractivity contribution in [2.24, 2.45) is 4.99 Å². The van der Waals surface area contributed by atoms with Crippen molar-refractivity contribution in [3.8, 4) is 11.5 Å². The van der Waals surface area contributed by atoms with Gasteiger partial charge in [0.25, 0.3) is 0 Å². The van der Waals surface area contributed by atoms with E-state index in [0.29, 0.717) is 13.2 Å². The van der Waals surface area contributed by atoms with E-state index >= 15 is 0 Å². The summed E-state index contributed by atoms with van der Waals surface area (Å²) in [5.41, 5.74) is 0.941. The maximum Gasteiger partial charge on any atom is 0.195 e. The highest BCUT2D eigenvalue weighted by molar-refractivity contribution is 14.0. The number of fused-ring (bicyclic) bond motifs is 1. The minimum atomic E-state index is 0. The second-order valence-corrected chi connectivity index (χ2v) is 7.51. The van der Waals surface area contributed by atoms with Gasteiger partial charge in [-0.05, 0) is 39.2 Å². The van der Waals surface area contributed by atoms with Gasteiger partial charge in [0.05, 0.1) is 19.8 Å².